The van der Waals surface area contributed by atoms with E-state index in [9.17, 15) is 16.8 Å². The van der Waals surface area contributed by atoms with E-state index in [4.69, 9.17) is 0 Å². The lowest BCUT2D eigenvalue weighted by atomic mass is 9.87. The van der Waals surface area contributed by atoms with Gasteiger partial charge in [-0.2, -0.15) is 0 Å². The van der Waals surface area contributed by atoms with Crippen molar-refractivity contribution in [1.82, 2.24) is 0 Å². The summed E-state index contributed by atoms with van der Waals surface area (Å²) in [7, 11) is -7.87. The van der Waals surface area contributed by atoms with Crippen LogP contribution in [-0.4, -0.2) is 16.8 Å². The van der Waals surface area contributed by atoms with Gasteiger partial charge in [-0.1, -0.05) is 56.7 Å². The van der Waals surface area contributed by atoms with Gasteiger partial charge in [0, 0.05) is 0 Å². The molecule has 0 aliphatic rings. The summed E-state index contributed by atoms with van der Waals surface area (Å²) in [5, 5.41) is 0. The molecule has 2 N–H and O–H groups in total. The van der Waals surface area contributed by atoms with Crippen LogP contribution in [0.15, 0.2) is 64.4 Å². The number of hydrogen-bond acceptors (Lipinski definition) is 4. The second-order valence-corrected chi connectivity index (χ2v) is 13.1. The smallest absolute Gasteiger partial charge is 0.262 e. The minimum absolute atomic E-state index is 0.0315. The Kier molecular flexibility index (Phi) is 6.88. The second-order valence-electron chi connectivity index (χ2n) is 9.74. The van der Waals surface area contributed by atoms with Gasteiger partial charge in [0.2, 0.25) is 0 Å². The van der Waals surface area contributed by atoms with Gasteiger partial charge in [-0.25, -0.2) is 16.8 Å². The van der Waals surface area contributed by atoms with E-state index in [1.54, 1.807) is 38.1 Å². The van der Waals surface area contributed by atoms with Crippen LogP contribution in [0.1, 0.15) is 48.6 Å². The first-order valence-corrected chi connectivity index (χ1v) is 13.9. The summed E-state index contributed by atoms with van der Waals surface area (Å²) in [6.07, 6.45) is 0. The number of nitrogens with one attached hydrogen (secondary N) is 2. The topological polar surface area (TPSA) is 92.3 Å². The number of anilines is 2. The Bertz CT molecular complexity index is 1450. The number of hydrogen-bond donors (Lipinski definition) is 2. The zero-order chi connectivity index (χ0) is 25.5. The molecule has 0 aliphatic heterocycles. The summed E-state index contributed by atoms with van der Waals surface area (Å²) in [6.45, 7) is 13.3. The van der Waals surface area contributed by atoms with Crippen molar-refractivity contribution in [1.29, 1.82) is 0 Å². The largest absolute Gasteiger partial charge is 0.279 e. The Labute approximate surface area is 203 Å². The molecule has 0 saturated heterocycles. The third kappa shape index (κ3) is 5.62. The van der Waals surface area contributed by atoms with Crippen molar-refractivity contribution < 1.29 is 16.8 Å². The third-order valence-electron chi connectivity index (χ3n) is 5.73. The molecular weight excluding hydrogens is 468 g/mol. The first-order valence-electron chi connectivity index (χ1n) is 10.9. The number of sulfonamides is 2. The van der Waals surface area contributed by atoms with Crippen molar-refractivity contribution >= 4 is 31.4 Å². The highest BCUT2D eigenvalue weighted by Crippen LogP contribution is 2.30. The van der Waals surface area contributed by atoms with E-state index >= 15 is 0 Å². The normalized spacial score (nSPS) is 12.4. The molecule has 6 nitrogen and oxygen atoms in total. The fourth-order valence-electron chi connectivity index (χ4n) is 3.57. The molecule has 0 heterocycles. The summed E-state index contributed by atoms with van der Waals surface area (Å²) >= 11 is 0. The molecule has 0 unspecified atom stereocenters. The standard InChI is InChI=1S/C26H32N2O4S2/c1-17-8-13-23(20(4)14-17)27-33(29,30)22-12-10-18(2)24(16-22)28-34(31,32)25-15-21(26(5,6)7)11-9-19(25)3/h8-16,27-28H,1-7H3. The van der Waals surface area contributed by atoms with Gasteiger partial charge in [0.1, 0.15) is 0 Å². The third-order valence-corrected chi connectivity index (χ3v) is 8.60. The quantitative estimate of drug-likeness (QED) is 0.446. The van der Waals surface area contributed by atoms with Crippen LogP contribution in [0.5, 0.6) is 0 Å². The highest BCUT2D eigenvalue weighted by molar-refractivity contribution is 7.93. The van der Waals surface area contributed by atoms with E-state index in [0.29, 0.717) is 16.8 Å². The monoisotopic (exact) mass is 500 g/mol. The molecule has 3 rings (SSSR count). The maximum Gasteiger partial charge on any atom is 0.262 e. The summed E-state index contributed by atoms with van der Waals surface area (Å²) in [6, 6.07) is 15.2. The molecule has 0 radical (unpaired) electrons. The highest BCUT2D eigenvalue weighted by atomic mass is 32.2. The lowest BCUT2D eigenvalue weighted by Crippen LogP contribution is -2.19. The maximum absolute atomic E-state index is 13.3. The van der Waals surface area contributed by atoms with Crippen LogP contribution in [0.25, 0.3) is 0 Å². The van der Waals surface area contributed by atoms with E-state index in [0.717, 1.165) is 16.7 Å². The summed E-state index contributed by atoms with van der Waals surface area (Å²) in [4.78, 5) is 0.136. The van der Waals surface area contributed by atoms with E-state index in [1.165, 1.54) is 12.1 Å². The van der Waals surface area contributed by atoms with Crippen molar-refractivity contribution in [3.05, 3.63) is 82.4 Å². The SMILES string of the molecule is Cc1ccc(NS(=O)(=O)c2ccc(C)c(NS(=O)(=O)c3cc(C(C)(C)C)ccc3C)c2)c(C)c1. The Morgan fingerprint density at radius 1 is 0.618 bits per heavy atom. The average Bonchev–Trinajstić information content (AvgIpc) is 2.70. The van der Waals surface area contributed by atoms with Crippen LogP contribution < -0.4 is 9.44 Å². The Balaban J connectivity index is 1.98. The maximum atomic E-state index is 13.3. The minimum atomic E-state index is -3.95. The van der Waals surface area contributed by atoms with Gasteiger partial charge in [-0.15, -0.1) is 0 Å². The van der Waals surface area contributed by atoms with E-state index in [-0.39, 0.29) is 20.9 Å². The Morgan fingerprint density at radius 3 is 1.85 bits per heavy atom. The summed E-state index contributed by atoms with van der Waals surface area (Å²) in [5.41, 5.74) is 4.40. The number of benzene rings is 3. The van der Waals surface area contributed by atoms with Gasteiger partial charge in [0.25, 0.3) is 20.0 Å². The van der Waals surface area contributed by atoms with Crippen LogP contribution in [0.4, 0.5) is 11.4 Å². The van der Waals surface area contributed by atoms with Gasteiger partial charge in [-0.05, 0) is 79.6 Å². The fourth-order valence-corrected chi connectivity index (χ4v) is 6.12. The molecule has 3 aromatic rings. The molecule has 0 fully saturated rings. The molecule has 0 spiro atoms. The molecule has 0 bridgehead atoms. The van der Waals surface area contributed by atoms with E-state index < -0.39 is 20.0 Å². The van der Waals surface area contributed by atoms with Crippen LogP contribution >= 0.6 is 0 Å². The zero-order valence-electron chi connectivity index (χ0n) is 20.6. The molecule has 0 saturated carbocycles. The van der Waals surface area contributed by atoms with Gasteiger partial charge in [0.05, 0.1) is 21.2 Å². The van der Waals surface area contributed by atoms with Crippen LogP contribution in [0.2, 0.25) is 0 Å². The van der Waals surface area contributed by atoms with Crippen molar-refractivity contribution in [3.63, 3.8) is 0 Å². The zero-order valence-corrected chi connectivity index (χ0v) is 22.3. The van der Waals surface area contributed by atoms with Gasteiger partial charge >= 0.3 is 0 Å². The van der Waals surface area contributed by atoms with Crippen molar-refractivity contribution in [2.24, 2.45) is 0 Å². The summed E-state index contributed by atoms with van der Waals surface area (Å²) < 4.78 is 57.9. The average molecular weight is 501 g/mol. The lowest BCUT2D eigenvalue weighted by molar-refractivity contribution is 0.584. The molecule has 8 heteroatoms. The van der Waals surface area contributed by atoms with Crippen molar-refractivity contribution in [2.45, 2.75) is 63.7 Å². The fraction of sp³-hybridized carbons (Fsp3) is 0.308. The molecule has 182 valence electrons. The second kappa shape index (κ2) is 9.07. The minimum Gasteiger partial charge on any atom is -0.279 e. The van der Waals surface area contributed by atoms with Crippen molar-refractivity contribution in [3.8, 4) is 0 Å². The highest BCUT2D eigenvalue weighted by Gasteiger charge is 2.23. The van der Waals surface area contributed by atoms with Crippen molar-refractivity contribution in [2.75, 3.05) is 9.44 Å². The first kappa shape index (κ1) is 25.8. The molecular formula is C26H32N2O4S2. The number of aryl methyl sites for hydroxylation is 4. The Hall–Kier alpha value is -2.84. The lowest BCUT2D eigenvalue weighted by Gasteiger charge is -2.21. The predicted octanol–water partition coefficient (Wildman–Crippen LogP) is 5.82. The molecule has 34 heavy (non-hydrogen) atoms. The van der Waals surface area contributed by atoms with Gasteiger partial charge in [0.15, 0.2) is 0 Å². The van der Waals surface area contributed by atoms with Crippen LogP contribution in [0.3, 0.4) is 0 Å². The molecule has 0 aliphatic carbocycles. The van der Waals surface area contributed by atoms with Crippen LogP contribution in [-0.2, 0) is 25.5 Å². The predicted molar refractivity (Wildman–Crippen MR) is 139 cm³/mol. The van der Waals surface area contributed by atoms with Crippen LogP contribution in [0, 0.1) is 27.7 Å². The van der Waals surface area contributed by atoms with Gasteiger partial charge < -0.3 is 0 Å². The Morgan fingerprint density at radius 2 is 1.24 bits per heavy atom. The first-order chi connectivity index (χ1) is 15.6. The molecule has 0 amide bonds. The molecule has 3 aromatic carbocycles. The van der Waals surface area contributed by atoms with Gasteiger partial charge in [-0.3, -0.25) is 9.44 Å². The number of rotatable bonds is 6. The van der Waals surface area contributed by atoms with E-state index in [1.807, 2.05) is 52.8 Å². The molecule has 0 aromatic heterocycles. The molecule has 0 atom stereocenters. The summed E-state index contributed by atoms with van der Waals surface area (Å²) in [5.74, 6) is 0. The van der Waals surface area contributed by atoms with E-state index in [2.05, 4.69) is 9.44 Å².